The number of para-hydroxylation sites is 2. The zero-order chi connectivity index (χ0) is 22.2. The van der Waals surface area contributed by atoms with Crippen molar-refractivity contribution < 1.29 is 18.8 Å². The Bertz CT molecular complexity index is 1210. The lowest BCUT2D eigenvalue weighted by molar-refractivity contribution is -0.117. The maximum Gasteiger partial charge on any atom is 0.258 e. The molecule has 2 unspecified atom stereocenters. The van der Waals surface area contributed by atoms with Crippen LogP contribution in [0.1, 0.15) is 28.3 Å². The van der Waals surface area contributed by atoms with Crippen molar-refractivity contribution in [2.45, 2.75) is 12.3 Å². The van der Waals surface area contributed by atoms with Crippen LogP contribution in [0.4, 0.5) is 21.5 Å². The molecular formula is C25H20FN3O3. The number of benzene rings is 3. The van der Waals surface area contributed by atoms with Crippen molar-refractivity contribution in [3.8, 4) is 0 Å². The lowest BCUT2D eigenvalue weighted by Crippen LogP contribution is -2.42. The number of anilines is 3. The standard InChI is InChI=1S/C25H20FN3O3/c26-17-9-5-15(6-10-17)19-13-20(19)24(31)27-18-11-7-16(8-12-18)25(32)29-14-23(30)28-21-3-1-2-4-22(21)29/h1-12,19-20H,13-14H2,(H,27,31)(H,28,30). The molecule has 0 saturated heterocycles. The van der Waals surface area contributed by atoms with Crippen LogP contribution in [0.2, 0.25) is 0 Å². The Kier molecular flexibility index (Phi) is 4.93. The van der Waals surface area contributed by atoms with Gasteiger partial charge >= 0.3 is 0 Å². The van der Waals surface area contributed by atoms with Gasteiger partial charge in [-0.1, -0.05) is 24.3 Å². The molecule has 1 fully saturated rings. The van der Waals surface area contributed by atoms with Crippen molar-refractivity contribution in [3.63, 3.8) is 0 Å². The van der Waals surface area contributed by atoms with E-state index in [0.717, 1.165) is 12.0 Å². The molecule has 0 bridgehead atoms. The lowest BCUT2D eigenvalue weighted by atomic mass is 10.1. The highest BCUT2D eigenvalue weighted by Crippen LogP contribution is 2.48. The molecule has 0 spiro atoms. The summed E-state index contributed by atoms with van der Waals surface area (Å²) in [4.78, 5) is 39.0. The Morgan fingerprint density at radius 1 is 0.969 bits per heavy atom. The van der Waals surface area contributed by atoms with Crippen molar-refractivity contribution in [2.24, 2.45) is 5.92 Å². The van der Waals surface area contributed by atoms with E-state index in [0.29, 0.717) is 22.6 Å². The highest BCUT2D eigenvalue weighted by Gasteiger charge is 2.43. The summed E-state index contributed by atoms with van der Waals surface area (Å²) in [5.41, 5.74) is 3.21. The number of carbonyl (C=O) groups is 3. The fourth-order valence-corrected chi connectivity index (χ4v) is 4.06. The quantitative estimate of drug-likeness (QED) is 0.654. The third-order valence-electron chi connectivity index (χ3n) is 5.84. The maximum absolute atomic E-state index is 13.1. The van der Waals surface area contributed by atoms with E-state index in [-0.39, 0.29) is 41.9 Å². The Balaban J connectivity index is 1.25. The zero-order valence-electron chi connectivity index (χ0n) is 17.0. The van der Waals surface area contributed by atoms with Gasteiger partial charge in [-0.2, -0.15) is 0 Å². The smallest absolute Gasteiger partial charge is 0.258 e. The van der Waals surface area contributed by atoms with Crippen LogP contribution in [-0.4, -0.2) is 24.3 Å². The number of carbonyl (C=O) groups excluding carboxylic acids is 3. The number of rotatable bonds is 4. The van der Waals surface area contributed by atoms with E-state index in [4.69, 9.17) is 0 Å². The van der Waals surface area contributed by atoms with E-state index >= 15 is 0 Å². The average Bonchev–Trinajstić information content (AvgIpc) is 3.60. The van der Waals surface area contributed by atoms with Crippen LogP contribution < -0.4 is 15.5 Å². The summed E-state index contributed by atoms with van der Waals surface area (Å²) in [6.07, 6.45) is 0.727. The van der Waals surface area contributed by atoms with E-state index in [2.05, 4.69) is 10.6 Å². The highest BCUT2D eigenvalue weighted by molar-refractivity contribution is 6.15. The summed E-state index contributed by atoms with van der Waals surface area (Å²) < 4.78 is 13.1. The van der Waals surface area contributed by atoms with Crippen LogP contribution in [0.3, 0.4) is 0 Å². The van der Waals surface area contributed by atoms with Crippen LogP contribution in [0, 0.1) is 11.7 Å². The molecular weight excluding hydrogens is 409 g/mol. The van der Waals surface area contributed by atoms with E-state index in [1.54, 1.807) is 54.6 Å². The molecule has 3 aromatic rings. The molecule has 1 saturated carbocycles. The fraction of sp³-hybridized carbons (Fsp3) is 0.160. The molecule has 2 N–H and O–H groups in total. The SMILES string of the molecule is O=C1CN(C(=O)c2ccc(NC(=O)C3CC3c3ccc(F)cc3)cc2)c2ccccc2N1. The van der Waals surface area contributed by atoms with Gasteiger partial charge in [-0.15, -0.1) is 0 Å². The first-order valence-corrected chi connectivity index (χ1v) is 10.4. The maximum atomic E-state index is 13.1. The van der Waals surface area contributed by atoms with Crippen molar-refractivity contribution in [3.05, 3.63) is 89.7 Å². The first-order valence-electron chi connectivity index (χ1n) is 10.4. The Labute approximate surface area is 184 Å². The molecule has 1 heterocycles. The van der Waals surface area contributed by atoms with Crippen LogP contribution in [0.25, 0.3) is 0 Å². The minimum Gasteiger partial charge on any atom is -0.326 e. The second kappa shape index (κ2) is 7.92. The van der Waals surface area contributed by atoms with Gasteiger partial charge in [0.1, 0.15) is 12.4 Å². The van der Waals surface area contributed by atoms with Gasteiger partial charge in [0.25, 0.3) is 5.91 Å². The summed E-state index contributed by atoms with van der Waals surface area (Å²) in [6.45, 7) is -0.0548. The Morgan fingerprint density at radius 2 is 1.69 bits per heavy atom. The number of hydrogen-bond acceptors (Lipinski definition) is 3. The highest BCUT2D eigenvalue weighted by atomic mass is 19.1. The van der Waals surface area contributed by atoms with Crippen molar-refractivity contribution in [1.29, 1.82) is 0 Å². The van der Waals surface area contributed by atoms with E-state index in [9.17, 15) is 18.8 Å². The topological polar surface area (TPSA) is 78.5 Å². The Morgan fingerprint density at radius 3 is 2.44 bits per heavy atom. The van der Waals surface area contributed by atoms with Gasteiger partial charge in [0.15, 0.2) is 0 Å². The number of fused-ring (bicyclic) bond motifs is 1. The summed E-state index contributed by atoms with van der Waals surface area (Å²) in [6, 6.07) is 20.0. The van der Waals surface area contributed by atoms with Crippen molar-refractivity contribution >= 4 is 34.8 Å². The molecule has 6 nitrogen and oxygen atoms in total. The van der Waals surface area contributed by atoms with Gasteiger partial charge in [-0.25, -0.2) is 4.39 Å². The van der Waals surface area contributed by atoms with E-state index in [1.807, 2.05) is 6.07 Å². The number of nitrogens with zero attached hydrogens (tertiary/aromatic N) is 1. The molecule has 3 aromatic carbocycles. The predicted octanol–water partition coefficient (Wildman–Crippen LogP) is 4.17. The van der Waals surface area contributed by atoms with Gasteiger partial charge in [0.2, 0.25) is 11.8 Å². The van der Waals surface area contributed by atoms with Gasteiger partial charge in [0, 0.05) is 17.2 Å². The normalized spacial score (nSPS) is 19.0. The lowest BCUT2D eigenvalue weighted by Gasteiger charge is -2.29. The van der Waals surface area contributed by atoms with Crippen LogP contribution in [-0.2, 0) is 9.59 Å². The largest absolute Gasteiger partial charge is 0.326 e. The third kappa shape index (κ3) is 3.85. The first kappa shape index (κ1) is 19.9. The molecule has 5 rings (SSSR count). The molecule has 1 aliphatic heterocycles. The molecule has 32 heavy (non-hydrogen) atoms. The second-order valence-electron chi connectivity index (χ2n) is 8.02. The summed E-state index contributed by atoms with van der Waals surface area (Å²) in [5, 5.41) is 5.64. The van der Waals surface area contributed by atoms with Gasteiger partial charge in [-0.05, 0) is 66.4 Å². The van der Waals surface area contributed by atoms with Crippen molar-refractivity contribution in [1.82, 2.24) is 0 Å². The number of nitrogens with one attached hydrogen (secondary N) is 2. The summed E-state index contributed by atoms with van der Waals surface area (Å²) in [7, 11) is 0. The Hall–Kier alpha value is -4.00. The van der Waals surface area contributed by atoms with Crippen LogP contribution >= 0.6 is 0 Å². The minimum absolute atomic E-state index is 0.0548. The van der Waals surface area contributed by atoms with Gasteiger partial charge in [-0.3, -0.25) is 19.3 Å². The molecule has 2 aliphatic rings. The monoisotopic (exact) mass is 429 g/mol. The molecule has 160 valence electrons. The number of halogens is 1. The van der Waals surface area contributed by atoms with Crippen molar-refractivity contribution in [2.75, 3.05) is 22.1 Å². The van der Waals surface area contributed by atoms with Gasteiger partial charge in [0.05, 0.1) is 11.4 Å². The average molecular weight is 429 g/mol. The van der Waals surface area contributed by atoms with E-state index < -0.39 is 0 Å². The fourth-order valence-electron chi connectivity index (χ4n) is 4.06. The molecule has 3 amide bonds. The molecule has 7 heteroatoms. The summed E-state index contributed by atoms with van der Waals surface area (Å²) >= 11 is 0. The molecule has 0 radical (unpaired) electrons. The van der Waals surface area contributed by atoms with Gasteiger partial charge < -0.3 is 10.6 Å². The first-order chi connectivity index (χ1) is 15.5. The summed E-state index contributed by atoms with van der Waals surface area (Å²) in [5.74, 6) is -0.976. The minimum atomic E-state index is -0.293. The second-order valence-corrected chi connectivity index (χ2v) is 8.02. The van der Waals surface area contributed by atoms with Crippen LogP contribution in [0.15, 0.2) is 72.8 Å². The number of hydrogen-bond donors (Lipinski definition) is 2. The van der Waals surface area contributed by atoms with E-state index in [1.165, 1.54) is 17.0 Å². The molecule has 2 atom stereocenters. The third-order valence-corrected chi connectivity index (χ3v) is 5.84. The number of amides is 3. The zero-order valence-corrected chi connectivity index (χ0v) is 17.0. The molecule has 1 aliphatic carbocycles. The predicted molar refractivity (Wildman–Crippen MR) is 119 cm³/mol. The van der Waals surface area contributed by atoms with Crippen LogP contribution in [0.5, 0.6) is 0 Å². The molecule has 0 aromatic heterocycles.